The number of ether oxygens (including phenoxy) is 1. The van der Waals surface area contributed by atoms with E-state index in [4.69, 9.17) is 20.1 Å². The van der Waals surface area contributed by atoms with Crippen LogP contribution < -0.4 is 16.1 Å². The quantitative estimate of drug-likeness (QED) is 0.579. The molecule has 0 radical (unpaired) electrons. The maximum Gasteiger partial charge on any atom is 0.347 e. The molecule has 5 heteroatoms. The second-order valence-electron chi connectivity index (χ2n) is 4.74. The minimum absolute atomic E-state index is 0.310. The van der Waals surface area contributed by atoms with E-state index in [0.29, 0.717) is 39.1 Å². The molecule has 1 aromatic heterocycles. The topological polar surface area (TPSA) is 89.2 Å². The Hall–Kier alpha value is -3.26. The van der Waals surface area contributed by atoms with Crippen molar-refractivity contribution in [2.24, 2.45) is 0 Å². The standard InChI is InChI=1S/C17H12N2O3/c1-21-16-13-8-12(19)6-7-14(13)22-17(20)15(16)11-4-2-10(9-18)3-5-11/h2-8H,19H2,1H3. The van der Waals surface area contributed by atoms with Gasteiger partial charge in [0.05, 0.1) is 24.1 Å². The first-order chi connectivity index (χ1) is 10.6. The summed E-state index contributed by atoms with van der Waals surface area (Å²) < 4.78 is 10.8. The van der Waals surface area contributed by atoms with Crippen molar-refractivity contribution < 1.29 is 9.15 Å². The van der Waals surface area contributed by atoms with Gasteiger partial charge in [-0.3, -0.25) is 0 Å². The number of methoxy groups -OCH3 is 1. The molecule has 22 heavy (non-hydrogen) atoms. The fourth-order valence-electron chi connectivity index (χ4n) is 2.36. The number of fused-ring (bicyclic) bond motifs is 1. The smallest absolute Gasteiger partial charge is 0.347 e. The monoisotopic (exact) mass is 292 g/mol. The van der Waals surface area contributed by atoms with Crippen LogP contribution in [0.2, 0.25) is 0 Å². The minimum Gasteiger partial charge on any atom is -0.495 e. The van der Waals surface area contributed by atoms with Gasteiger partial charge in [0, 0.05) is 5.69 Å². The first-order valence-electron chi connectivity index (χ1n) is 6.55. The van der Waals surface area contributed by atoms with Gasteiger partial charge in [-0.1, -0.05) is 12.1 Å². The van der Waals surface area contributed by atoms with Crippen molar-refractivity contribution in [3.63, 3.8) is 0 Å². The third-order valence-corrected chi connectivity index (χ3v) is 3.39. The van der Waals surface area contributed by atoms with Gasteiger partial charge in [0.2, 0.25) is 0 Å². The Morgan fingerprint density at radius 1 is 1.18 bits per heavy atom. The van der Waals surface area contributed by atoms with Crippen molar-refractivity contribution in [3.8, 4) is 22.9 Å². The van der Waals surface area contributed by atoms with Gasteiger partial charge in [-0.05, 0) is 35.9 Å². The average Bonchev–Trinajstić information content (AvgIpc) is 2.54. The van der Waals surface area contributed by atoms with Gasteiger partial charge < -0.3 is 14.9 Å². The van der Waals surface area contributed by atoms with Crippen LogP contribution in [0.15, 0.2) is 51.7 Å². The number of rotatable bonds is 2. The lowest BCUT2D eigenvalue weighted by molar-refractivity contribution is 0.415. The number of nitriles is 1. The normalized spacial score (nSPS) is 10.4. The Bertz CT molecular complexity index is 951. The maximum absolute atomic E-state index is 12.3. The van der Waals surface area contributed by atoms with Crippen LogP contribution in [0.25, 0.3) is 22.1 Å². The molecule has 5 nitrogen and oxygen atoms in total. The third-order valence-electron chi connectivity index (χ3n) is 3.39. The number of benzene rings is 2. The summed E-state index contributed by atoms with van der Waals surface area (Å²) in [5, 5.41) is 9.48. The van der Waals surface area contributed by atoms with Crippen molar-refractivity contribution in [2.45, 2.75) is 0 Å². The summed E-state index contributed by atoms with van der Waals surface area (Å²) in [6.07, 6.45) is 0. The van der Waals surface area contributed by atoms with Crippen molar-refractivity contribution in [3.05, 3.63) is 58.4 Å². The highest BCUT2D eigenvalue weighted by Crippen LogP contribution is 2.34. The van der Waals surface area contributed by atoms with E-state index in [9.17, 15) is 4.79 Å². The number of anilines is 1. The van der Waals surface area contributed by atoms with Gasteiger partial charge in [-0.15, -0.1) is 0 Å². The number of hydrogen-bond donors (Lipinski definition) is 1. The predicted octanol–water partition coefficient (Wildman–Crippen LogP) is 2.92. The molecule has 0 atom stereocenters. The zero-order valence-corrected chi connectivity index (χ0v) is 11.8. The molecule has 1 heterocycles. The molecule has 0 bridgehead atoms. The molecule has 0 unspecified atom stereocenters. The van der Waals surface area contributed by atoms with E-state index in [1.54, 1.807) is 42.5 Å². The Morgan fingerprint density at radius 3 is 2.55 bits per heavy atom. The van der Waals surface area contributed by atoms with E-state index >= 15 is 0 Å². The second-order valence-corrected chi connectivity index (χ2v) is 4.74. The Labute approximate surface area is 126 Å². The SMILES string of the molecule is COc1c(-c2ccc(C#N)cc2)c(=O)oc2ccc(N)cc12. The number of hydrogen-bond acceptors (Lipinski definition) is 5. The molecular formula is C17H12N2O3. The van der Waals surface area contributed by atoms with Gasteiger partial charge >= 0.3 is 5.63 Å². The fourth-order valence-corrected chi connectivity index (χ4v) is 2.36. The van der Waals surface area contributed by atoms with Crippen LogP contribution in [0.1, 0.15) is 5.56 Å². The van der Waals surface area contributed by atoms with E-state index in [2.05, 4.69) is 0 Å². The highest BCUT2D eigenvalue weighted by Gasteiger charge is 2.17. The van der Waals surface area contributed by atoms with Gasteiger partial charge in [-0.25, -0.2) is 4.79 Å². The molecule has 2 aromatic carbocycles. The predicted molar refractivity (Wildman–Crippen MR) is 83.6 cm³/mol. The Kier molecular flexibility index (Phi) is 3.28. The summed E-state index contributed by atoms with van der Waals surface area (Å²) in [6, 6.07) is 13.7. The van der Waals surface area contributed by atoms with Crippen molar-refractivity contribution in [1.29, 1.82) is 5.26 Å². The van der Waals surface area contributed by atoms with Crippen molar-refractivity contribution in [1.82, 2.24) is 0 Å². The van der Waals surface area contributed by atoms with E-state index in [1.165, 1.54) is 7.11 Å². The van der Waals surface area contributed by atoms with Gasteiger partial charge in [0.1, 0.15) is 16.9 Å². The average molecular weight is 292 g/mol. The molecule has 0 amide bonds. The first kappa shape index (κ1) is 13.7. The first-order valence-corrected chi connectivity index (χ1v) is 6.55. The van der Waals surface area contributed by atoms with Crippen molar-refractivity contribution >= 4 is 16.7 Å². The van der Waals surface area contributed by atoms with Crippen LogP contribution >= 0.6 is 0 Å². The van der Waals surface area contributed by atoms with Gasteiger partial charge in [0.25, 0.3) is 0 Å². The van der Waals surface area contributed by atoms with Crippen LogP contribution in [-0.2, 0) is 0 Å². The van der Waals surface area contributed by atoms with Crippen LogP contribution in [0.4, 0.5) is 5.69 Å². The van der Waals surface area contributed by atoms with Crippen LogP contribution in [0.3, 0.4) is 0 Å². The van der Waals surface area contributed by atoms with Crippen molar-refractivity contribution in [2.75, 3.05) is 12.8 Å². The molecule has 0 aliphatic carbocycles. The van der Waals surface area contributed by atoms with Crippen LogP contribution in [0, 0.1) is 11.3 Å². The lowest BCUT2D eigenvalue weighted by Crippen LogP contribution is -2.06. The molecule has 0 saturated carbocycles. The van der Waals surface area contributed by atoms with E-state index in [-0.39, 0.29) is 0 Å². The Morgan fingerprint density at radius 2 is 1.91 bits per heavy atom. The van der Waals surface area contributed by atoms with Crippen LogP contribution in [-0.4, -0.2) is 7.11 Å². The summed E-state index contributed by atoms with van der Waals surface area (Å²) in [4.78, 5) is 12.3. The zero-order chi connectivity index (χ0) is 15.7. The summed E-state index contributed by atoms with van der Waals surface area (Å²) in [5.41, 5.74) is 7.70. The zero-order valence-electron chi connectivity index (χ0n) is 11.8. The second kappa shape index (κ2) is 5.26. The molecule has 0 aliphatic heterocycles. The Balaban J connectivity index is 2.34. The summed E-state index contributed by atoms with van der Waals surface area (Å²) in [7, 11) is 1.49. The molecule has 0 fully saturated rings. The fraction of sp³-hybridized carbons (Fsp3) is 0.0588. The molecule has 2 N–H and O–H groups in total. The van der Waals surface area contributed by atoms with Gasteiger partial charge in [0.15, 0.2) is 0 Å². The highest BCUT2D eigenvalue weighted by atomic mass is 16.5. The van der Waals surface area contributed by atoms with E-state index in [1.807, 2.05) is 6.07 Å². The van der Waals surface area contributed by atoms with E-state index < -0.39 is 5.63 Å². The largest absolute Gasteiger partial charge is 0.495 e. The van der Waals surface area contributed by atoms with E-state index in [0.717, 1.165) is 0 Å². The molecule has 3 rings (SSSR count). The molecule has 0 aliphatic rings. The molecule has 3 aromatic rings. The lowest BCUT2D eigenvalue weighted by atomic mass is 10.0. The molecule has 0 spiro atoms. The summed E-state index contributed by atoms with van der Waals surface area (Å²) in [5.74, 6) is 0.406. The number of nitrogens with two attached hydrogens (primary N) is 1. The summed E-state index contributed by atoms with van der Waals surface area (Å²) in [6.45, 7) is 0. The number of nitrogen functional groups attached to an aromatic ring is 1. The third kappa shape index (κ3) is 2.17. The van der Waals surface area contributed by atoms with Gasteiger partial charge in [-0.2, -0.15) is 5.26 Å². The maximum atomic E-state index is 12.3. The highest BCUT2D eigenvalue weighted by molar-refractivity contribution is 5.92. The summed E-state index contributed by atoms with van der Waals surface area (Å²) >= 11 is 0. The molecular weight excluding hydrogens is 280 g/mol. The minimum atomic E-state index is -0.501. The van der Waals surface area contributed by atoms with Crippen LogP contribution in [0.5, 0.6) is 5.75 Å². The molecule has 108 valence electrons. The number of nitrogens with zero attached hydrogens (tertiary/aromatic N) is 1. The lowest BCUT2D eigenvalue weighted by Gasteiger charge is -2.10. The molecule has 0 saturated heterocycles.